The van der Waals surface area contributed by atoms with E-state index in [9.17, 15) is 9.90 Å². The summed E-state index contributed by atoms with van der Waals surface area (Å²) in [5.74, 6) is 0.203. The third-order valence-corrected chi connectivity index (χ3v) is 4.17. The molecule has 2 N–H and O–H groups in total. The number of likely N-dealkylation sites (tertiary alicyclic amines) is 1. The molecule has 1 aromatic carbocycles. The normalized spacial score (nSPS) is 16.8. The number of amides is 1. The lowest BCUT2D eigenvalue weighted by atomic mass is 10.1. The predicted octanol–water partition coefficient (Wildman–Crippen LogP) is 2.37. The Balaban J connectivity index is 1.67. The Kier molecular flexibility index (Phi) is 6.49. The van der Waals surface area contributed by atoms with Crippen molar-refractivity contribution < 1.29 is 9.90 Å². The summed E-state index contributed by atoms with van der Waals surface area (Å²) < 4.78 is 0. The Morgan fingerprint density at radius 3 is 2.71 bits per heavy atom. The van der Waals surface area contributed by atoms with E-state index in [4.69, 9.17) is 11.6 Å². The largest absolute Gasteiger partial charge is 0.387 e. The van der Waals surface area contributed by atoms with Crippen LogP contribution < -0.4 is 5.32 Å². The molecule has 21 heavy (non-hydrogen) atoms. The van der Waals surface area contributed by atoms with Crippen molar-refractivity contribution in [3.63, 3.8) is 0 Å². The highest BCUT2D eigenvalue weighted by Gasteiger charge is 2.16. The predicted molar refractivity (Wildman–Crippen MR) is 84.3 cm³/mol. The van der Waals surface area contributed by atoms with Crippen molar-refractivity contribution in [3.05, 3.63) is 34.9 Å². The Hall–Kier alpha value is -1.10. The Morgan fingerprint density at radius 2 is 2.00 bits per heavy atom. The number of carbonyl (C=O) groups is 1. The maximum atomic E-state index is 12.0. The van der Waals surface area contributed by atoms with Crippen LogP contribution in [0.3, 0.4) is 0 Å². The molecule has 1 amide bonds. The van der Waals surface area contributed by atoms with Crippen LogP contribution in [-0.4, -0.2) is 42.1 Å². The summed E-state index contributed by atoms with van der Waals surface area (Å²) in [5, 5.41) is 13.8. The van der Waals surface area contributed by atoms with Crippen LogP contribution in [0.15, 0.2) is 24.3 Å². The smallest absolute Gasteiger partial charge is 0.223 e. The molecule has 4 nitrogen and oxygen atoms in total. The Bertz CT molecular complexity index is 461. The minimum Gasteiger partial charge on any atom is -0.387 e. The second-order valence-electron chi connectivity index (χ2n) is 5.43. The van der Waals surface area contributed by atoms with Gasteiger partial charge in [0.25, 0.3) is 0 Å². The molecule has 116 valence electrons. The molecule has 1 fully saturated rings. The van der Waals surface area contributed by atoms with E-state index in [1.165, 1.54) is 6.42 Å². The maximum absolute atomic E-state index is 12.0. The molecule has 0 spiro atoms. The van der Waals surface area contributed by atoms with Gasteiger partial charge in [-0.15, -0.1) is 0 Å². The molecule has 1 aliphatic heterocycles. The molecule has 1 saturated heterocycles. The molecule has 5 heteroatoms. The number of aliphatic hydroxyl groups excluding tert-OH is 1. The summed E-state index contributed by atoms with van der Waals surface area (Å²) >= 11 is 6.04. The molecule has 0 radical (unpaired) electrons. The number of nitrogens with one attached hydrogen (secondary N) is 1. The van der Waals surface area contributed by atoms with Crippen molar-refractivity contribution >= 4 is 17.5 Å². The third-order valence-electron chi connectivity index (χ3n) is 3.83. The van der Waals surface area contributed by atoms with Crippen molar-refractivity contribution in [1.29, 1.82) is 0 Å². The standard InChI is InChI=1S/C16H23ClN2O2/c17-14-7-3-2-6-13(14)15(20)12-18-9-8-16(21)19-10-4-1-5-11-19/h2-3,6-7,15,18,20H,1,4-5,8-12H2. The van der Waals surface area contributed by atoms with Gasteiger partial charge in [0.1, 0.15) is 0 Å². The van der Waals surface area contributed by atoms with Crippen LogP contribution in [0.4, 0.5) is 0 Å². The summed E-state index contributed by atoms with van der Waals surface area (Å²) in [5.41, 5.74) is 0.717. The van der Waals surface area contributed by atoms with Crippen LogP contribution in [0.25, 0.3) is 0 Å². The second kappa shape index (κ2) is 8.37. The van der Waals surface area contributed by atoms with Crippen LogP contribution in [0, 0.1) is 0 Å². The van der Waals surface area contributed by atoms with Crippen molar-refractivity contribution in [3.8, 4) is 0 Å². The first-order chi connectivity index (χ1) is 10.2. The average molecular weight is 311 g/mol. The molecule has 0 aromatic heterocycles. The molecule has 0 bridgehead atoms. The first-order valence-electron chi connectivity index (χ1n) is 7.59. The average Bonchev–Trinajstić information content (AvgIpc) is 2.52. The number of hydrogen-bond acceptors (Lipinski definition) is 3. The maximum Gasteiger partial charge on any atom is 0.223 e. The fourth-order valence-corrected chi connectivity index (χ4v) is 2.85. The van der Waals surface area contributed by atoms with Gasteiger partial charge in [0.05, 0.1) is 6.10 Å². The number of piperidine rings is 1. The first-order valence-corrected chi connectivity index (χ1v) is 7.97. The number of benzene rings is 1. The highest BCUT2D eigenvalue weighted by molar-refractivity contribution is 6.31. The minimum absolute atomic E-state index is 0.203. The quantitative estimate of drug-likeness (QED) is 0.793. The van der Waals surface area contributed by atoms with Crippen molar-refractivity contribution in [2.75, 3.05) is 26.2 Å². The SMILES string of the molecule is O=C(CCNCC(O)c1ccccc1Cl)N1CCCCC1. The van der Waals surface area contributed by atoms with Gasteiger partial charge < -0.3 is 15.3 Å². The molecule has 1 atom stereocenters. The van der Waals surface area contributed by atoms with Gasteiger partial charge in [0, 0.05) is 43.2 Å². The summed E-state index contributed by atoms with van der Waals surface area (Å²) in [6, 6.07) is 7.27. The molecule has 0 aliphatic carbocycles. The Labute approximate surface area is 131 Å². The van der Waals surface area contributed by atoms with Gasteiger partial charge >= 0.3 is 0 Å². The number of nitrogens with zero attached hydrogens (tertiary/aromatic N) is 1. The van der Waals surface area contributed by atoms with Crippen molar-refractivity contribution in [1.82, 2.24) is 10.2 Å². The molecule has 1 aromatic rings. The van der Waals surface area contributed by atoms with Gasteiger partial charge in [0.2, 0.25) is 5.91 Å². The number of aliphatic hydroxyl groups is 1. The van der Waals surface area contributed by atoms with Gasteiger partial charge in [-0.05, 0) is 25.3 Å². The monoisotopic (exact) mass is 310 g/mol. The summed E-state index contributed by atoms with van der Waals surface area (Å²) in [6.07, 6.45) is 3.29. The molecule has 1 heterocycles. The number of halogens is 1. The van der Waals surface area contributed by atoms with Gasteiger partial charge in [-0.25, -0.2) is 0 Å². The van der Waals surface area contributed by atoms with Crippen LogP contribution in [0.2, 0.25) is 5.02 Å². The van der Waals surface area contributed by atoms with E-state index < -0.39 is 6.10 Å². The molecule has 1 unspecified atom stereocenters. The van der Waals surface area contributed by atoms with E-state index in [1.807, 2.05) is 23.1 Å². The summed E-state index contributed by atoms with van der Waals surface area (Å²) in [4.78, 5) is 13.9. The number of hydrogen-bond donors (Lipinski definition) is 2. The summed E-state index contributed by atoms with van der Waals surface area (Å²) in [7, 11) is 0. The van der Waals surface area contributed by atoms with Crippen LogP contribution in [0.1, 0.15) is 37.4 Å². The molecule has 0 saturated carbocycles. The van der Waals surface area contributed by atoms with Crippen LogP contribution >= 0.6 is 11.6 Å². The molecular formula is C16H23ClN2O2. The van der Waals surface area contributed by atoms with Crippen molar-refractivity contribution in [2.24, 2.45) is 0 Å². The highest BCUT2D eigenvalue weighted by atomic mass is 35.5. The zero-order chi connectivity index (χ0) is 15.1. The fraction of sp³-hybridized carbons (Fsp3) is 0.562. The van der Waals surface area contributed by atoms with Crippen LogP contribution in [-0.2, 0) is 4.79 Å². The van der Waals surface area contributed by atoms with E-state index in [0.29, 0.717) is 30.1 Å². The second-order valence-corrected chi connectivity index (χ2v) is 5.84. The fourth-order valence-electron chi connectivity index (χ4n) is 2.59. The number of carbonyl (C=O) groups excluding carboxylic acids is 1. The third kappa shape index (κ3) is 4.99. The zero-order valence-electron chi connectivity index (χ0n) is 12.2. The topological polar surface area (TPSA) is 52.6 Å². The van der Waals surface area contributed by atoms with E-state index in [2.05, 4.69) is 5.32 Å². The zero-order valence-corrected chi connectivity index (χ0v) is 13.0. The number of rotatable bonds is 6. The molecule has 2 rings (SSSR count). The Morgan fingerprint density at radius 1 is 1.29 bits per heavy atom. The van der Waals surface area contributed by atoms with E-state index >= 15 is 0 Å². The van der Waals surface area contributed by atoms with E-state index in [-0.39, 0.29) is 5.91 Å². The van der Waals surface area contributed by atoms with Crippen molar-refractivity contribution in [2.45, 2.75) is 31.8 Å². The highest BCUT2D eigenvalue weighted by Crippen LogP contribution is 2.21. The van der Waals surface area contributed by atoms with Crippen LogP contribution in [0.5, 0.6) is 0 Å². The first kappa shape index (κ1) is 16.3. The van der Waals surface area contributed by atoms with E-state index in [0.717, 1.165) is 25.9 Å². The van der Waals surface area contributed by atoms with Gasteiger partial charge in [-0.1, -0.05) is 29.8 Å². The van der Waals surface area contributed by atoms with Gasteiger partial charge in [-0.3, -0.25) is 4.79 Å². The van der Waals surface area contributed by atoms with E-state index in [1.54, 1.807) is 6.07 Å². The molecule has 1 aliphatic rings. The van der Waals surface area contributed by atoms with Gasteiger partial charge in [-0.2, -0.15) is 0 Å². The molecular weight excluding hydrogens is 288 g/mol. The lowest BCUT2D eigenvalue weighted by Crippen LogP contribution is -2.37. The summed E-state index contributed by atoms with van der Waals surface area (Å²) in [6.45, 7) is 2.76. The minimum atomic E-state index is -0.649. The lowest BCUT2D eigenvalue weighted by molar-refractivity contribution is -0.132. The lowest BCUT2D eigenvalue weighted by Gasteiger charge is -2.26. The van der Waals surface area contributed by atoms with Gasteiger partial charge in [0.15, 0.2) is 0 Å².